The predicted octanol–water partition coefficient (Wildman–Crippen LogP) is 2.92. The van der Waals surface area contributed by atoms with Crippen molar-refractivity contribution in [1.29, 1.82) is 0 Å². The summed E-state index contributed by atoms with van der Waals surface area (Å²) in [4.78, 5) is 19.5. The lowest BCUT2D eigenvalue weighted by Gasteiger charge is -2.31. The van der Waals surface area contributed by atoms with Crippen LogP contribution in [0.4, 0.5) is 13.2 Å². The molecule has 2 aromatic rings. The van der Waals surface area contributed by atoms with Crippen LogP contribution in [0.15, 0.2) is 29.1 Å². The van der Waals surface area contributed by atoms with Crippen LogP contribution in [0, 0.1) is 5.92 Å². The third-order valence-electron chi connectivity index (χ3n) is 6.06. The molecule has 30 heavy (non-hydrogen) atoms. The van der Waals surface area contributed by atoms with E-state index in [9.17, 15) is 26.4 Å². The summed E-state index contributed by atoms with van der Waals surface area (Å²) in [6.45, 7) is -0.0669. The minimum atomic E-state index is -4.54. The summed E-state index contributed by atoms with van der Waals surface area (Å²) in [5, 5.41) is 0.174. The number of benzene rings is 1. The number of aromatic nitrogens is 2. The molecular formula is C20H24F3N3O3S. The van der Waals surface area contributed by atoms with Crippen molar-refractivity contribution >= 4 is 20.7 Å². The second-order valence-electron chi connectivity index (χ2n) is 8.24. The Morgan fingerprint density at radius 1 is 1.10 bits per heavy atom. The molecule has 0 radical (unpaired) electrons. The van der Waals surface area contributed by atoms with E-state index in [1.54, 1.807) is 18.2 Å². The number of hydrogen-bond acceptors (Lipinski definition) is 5. The summed E-state index contributed by atoms with van der Waals surface area (Å²) in [5.41, 5.74) is -0.282. The number of likely N-dealkylation sites (tertiary alicyclic amines) is 1. The van der Waals surface area contributed by atoms with Gasteiger partial charge in [-0.1, -0.05) is 12.1 Å². The molecule has 2 fully saturated rings. The van der Waals surface area contributed by atoms with Crippen LogP contribution in [-0.4, -0.2) is 53.6 Å². The second kappa shape index (κ2) is 7.96. The number of halogens is 3. The SMILES string of the molecule is O=c1c2ccccc2nc(C2CCCN2CC2CCS(=O)(=O)CC2)n1CC(F)(F)F. The fraction of sp³-hybridized carbons (Fsp3) is 0.600. The summed E-state index contributed by atoms with van der Waals surface area (Å²) in [7, 11) is -2.97. The van der Waals surface area contributed by atoms with E-state index in [0.717, 1.165) is 11.0 Å². The molecule has 0 amide bonds. The third-order valence-corrected chi connectivity index (χ3v) is 7.77. The van der Waals surface area contributed by atoms with Gasteiger partial charge in [-0.05, 0) is 50.3 Å². The average Bonchev–Trinajstić information content (AvgIpc) is 3.13. The first-order valence-electron chi connectivity index (χ1n) is 10.1. The van der Waals surface area contributed by atoms with E-state index in [-0.39, 0.29) is 34.7 Å². The minimum absolute atomic E-state index is 0.150. The monoisotopic (exact) mass is 443 g/mol. The minimum Gasteiger partial charge on any atom is -0.293 e. The normalized spacial score (nSPS) is 23.2. The van der Waals surface area contributed by atoms with E-state index in [1.165, 1.54) is 6.07 Å². The molecule has 1 aromatic heterocycles. The van der Waals surface area contributed by atoms with Gasteiger partial charge >= 0.3 is 6.18 Å². The van der Waals surface area contributed by atoms with Crippen LogP contribution < -0.4 is 5.56 Å². The Hall–Kier alpha value is -1.94. The average molecular weight is 443 g/mol. The number of fused-ring (bicyclic) bond motifs is 1. The Balaban J connectivity index is 1.68. The Morgan fingerprint density at radius 3 is 2.50 bits per heavy atom. The van der Waals surface area contributed by atoms with Crippen molar-refractivity contribution in [3.05, 3.63) is 40.4 Å². The molecule has 0 bridgehead atoms. The molecule has 3 heterocycles. The van der Waals surface area contributed by atoms with Crippen LogP contribution >= 0.6 is 0 Å². The van der Waals surface area contributed by atoms with E-state index >= 15 is 0 Å². The van der Waals surface area contributed by atoms with Crippen molar-refractivity contribution in [1.82, 2.24) is 14.5 Å². The highest BCUT2D eigenvalue weighted by Crippen LogP contribution is 2.34. The van der Waals surface area contributed by atoms with E-state index in [0.29, 0.717) is 37.9 Å². The molecule has 0 spiro atoms. The van der Waals surface area contributed by atoms with Crippen LogP contribution in [-0.2, 0) is 16.4 Å². The van der Waals surface area contributed by atoms with Gasteiger partial charge in [0.05, 0.1) is 28.5 Å². The zero-order chi connectivity index (χ0) is 21.5. The van der Waals surface area contributed by atoms with E-state index < -0.39 is 28.1 Å². The van der Waals surface area contributed by atoms with Crippen LogP contribution in [0.3, 0.4) is 0 Å². The molecule has 2 saturated heterocycles. The molecule has 1 unspecified atom stereocenters. The molecule has 10 heteroatoms. The van der Waals surface area contributed by atoms with Crippen LogP contribution in [0.1, 0.15) is 37.5 Å². The van der Waals surface area contributed by atoms with Gasteiger partial charge in [0, 0.05) is 6.54 Å². The maximum Gasteiger partial charge on any atom is 0.406 e. The van der Waals surface area contributed by atoms with Crippen molar-refractivity contribution < 1.29 is 21.6 Å². The smallest absolute Gasteiger partial charge is 0.293 e. The van der Waals surface area contributed by atoms with Crippen LogP contribution in [0.25, 0.3) is 10.9 Å². The second-order valence-corrected chi connectivity index (χ2v) is 10.5. The first kappa shape index (κ1) is 21.3. The lowest BCUT2D eigenvalue weighted by molar-refractivity contribution is -0.142. The number of rotatable bonds is 4. The summed E-state index contributed by atoms with van der Waals surface area (Å²) in [6.07, 6.45) is -2.00. The van der Waals surface area contributed by atoms with Gasteiger partial charge in [-0.25, -0.2) is 13.4 Å². The van der Waals surface area contributed by atoms with Gasteiger partial charge in [0.2, 0.25) is 0 Å². The fourth-order valence-electron chi connectivity index (χ4n) is 4.56. The molecule has 0 saturated carbocycles. The van der Waals surface area contributed by atoms with Crippen molar-refractivity contribution in [2.24, 2.45) is 5.92 Å². The first-order chi connectivity index (χ1) is 14.1. The quantitative estimate of drug-likeness (QED) is 0.727. The van der Waals surface area contributed by atoms with Crippen molar-refractivity contribution in [2.45, 2.75) is 44.4 Å². The summed E-state index contributed by atoms with van der Waals surface area (Å²) < 4.78 is 64.0. The Labute approximate surface area is 172 Å². The predicted molar refractivity (Wildman–Crippen MR) is 107 cm³/mol. The van der Waals surface area contributed by atoms with Gasteiger partial charge in [-0.2, -0.15) is 13.2 Å². The number of sulfone groups is 1. The number of hydrogen-bond donors (Lipinski definition) is 0. The van der Waals surface area contributed by atoms with Gasteiger partial charge in [-0.15, -0.1) is 0 Å². The standard InChI is InChI=1S/C20H24F3N3O3S/c21-20(22,23)13-26-18(24-16-5-2-1-4-15(16)19(26)27)17-6-3-9-25(17)12-14-7-10-30(28,29)11-8-14/h1-2,4-5,14,17H,3,6-13H2. The van der Waals surface area contributed by atoms with Crippen molar-refractivity contribution in [3.8, 4) is 0 Å². The molecule has 6 nitrogen and oxygen atoms in total. The van der Waals surface area contributed by atoms with E-state index in [2.05, 4.69) is 9.88 Å². The largest absolute Gasteiger partial charge is 0.406 e. The molecule has 164 valence electrons. The van der Waals surface area contributed by atoms with Crippen LogP contribution in [0.2, 0.25) is 0 Å². The summed E-state index contributed by atoms with van der Waals surface area (Å²) in [5.74, 6) is 0.640. The highest BCUT2D eigenvalue weighted by atomic mass is 32.2. The zero-order valence-electron chi connectivity index (χ0n) is 16.4. The third kappa shape index (κ3) is 4.54. The lowest BCUT2D eigenvalue weighted by Crippen LogP contribution is -2.38. The van der Waals surface area contributed by atoms with Crippen LogP contribution in [0.5, 0.6) is 0 Å². The molecule has 1 aromatic carbocycles. The summed E-state index contributed by atoms with van der Waals surface area (Å²) in [6, 6.07) is 6.08. The van der Waals surface area contributed by atoms with Gasteiger partial charge in [0.25, 0.3) is 5.56 Å². The zero-order valence-corrected chi connectivity index (χ0v) is 17.3. The van der Waals surface area contributed by atoms with E-state index in [1.807, 2.05) is 0 Å². The first-order valence-corrected chi connectivity index (χ1v) is 12.0. The summed E-state index contributed by atoms with van der Waals surface area (Å²) >= 11 is 0. The highest BCUT2D eigenvalue weighted by molar-refractivity contribution is 7.91. The van der Waals surface area contributed by atoms with Gasteiger partial charge in [0.15, 0.2) is 0 Å². The molecule has 2 aliphatic rings. The topological polar surface area (TPSA) is 72.3 Å². The maximum atomic E-state index is 13.3. The Bertz CT molecular complexity index is 1080. The number of para-hydroxylation sites is 1. The maximum absolute atomic E-state index is 13.3. The van der Waals surface area contributed by atoms with Gasteiger partial charge < -0.3 is 0 Å². The fourth-order valence-corrected chi connectivity index (χ4v) is 6.15. The molecule has 1 atom stereocenters. The van der Waals surface area contributed by atoms with E-state index in [4.69, 9.17) is 0 Å². The van der Waals surface area contributed by atoms with Crippen molar-refractivity contribution in [2.75, 3.05) is 24.6 Å². The number of nitrogens with zero attached hydrogens (tertiary/aromatic N) is 3. The molecule has 4 rings (SSSR count). The lowest BCUT2D eigenvalue weighted by atomic mass is 10.0. The number of alkyl halides is 3. The highest BCUT2D eigenvalue weighted by Gasteiger charge is 2.36. The molecular weight excluding hydrogens is 419 g/mol. The Kier molecular flexibility index (Phi) is 5.65. The molecule has 0 aliphatic carbocycles. The molecule has 0 N–H and O–H groups in total. The van der Waals surface area contributed by atoms with Crippen molar-refractivity contribution in [3.63, 3.8) is 0 Å². The Morgan fingerprint density at radius 2 is 1.80 bits per heavy atom. The molecule has 2 aliphatic heterocycles. The van der Waals surface area contributed by atoms with Gasteiger partial charge in [-0.3, -0.25) is 14.3 Å². The van der Waals surface area contributed by atoms with Gasteiger partial charge in [0.1, 0.15) is 22.2 Å².